The second kappa shape index (κ2) is 3.28. The number of hydrogen-bond acceptors (Lipinski definition) is 2. The predicted molar refractivity (Wildman–Crippen MR) is 43.9 cm³/mol. The highest BCUT2D eigenvalue weighted by Crippen LogP contribution is 2.20. The van der Waals surface area contributed by atoms with Gasteiger partial charge in [0.05, 0.1) is 14.2 Å². The van der Waals surface area contributed by atoms with Crippen molar-refractivity contribution in [2.45, 2.75) is 6.40 Å². The molecule has 2 nitrogen and oxygen atoms in total. The van der Waals surface area contributed by atoms with E-state index >= 15 is 0 Å². The van der Waals surface area contributed by atoms with Gasteiger partial charge in [-0.25, -0.2) is 0 Å². The van der Waals surface area contributed by atoms with E-state index in [4.69, 9.17) is 10.8 Å². The van der Waals surface area contributed by atoms with Crippen molar-refractivity contribution in [3.63, 3.8) is 0 Å². The first kappa shape index (κ1) is 6.53. The molecule has 0 saturated carbocycles. The SMILES string of the molecule is [2H]C1C(=C)C=C(OC)C=C1OC. The molecule has 0 radical (unpaired) electrons. The van der Waals surface area contributed by atoms with Crippen molar-refractivity contribution in [3.8, 4) is 0 Å². The summed E-state index contributed by atoms with van der Waals surface area (Å²) in [6.07, 6.45) is 2.95. The average molecular weight is 153 g/mol. The van der Waals surface area contributed by atoms with Crippen LogP contribution in [0.5, 0.6) is 0 Å². The monoisotopic (exact) mass is 153 g/mol. The molecule has 0 heterocycles. The Bertz CT molecular complexity index is 253. The van der Waals surface area contributed by atoms with Crippen LogP contribution in [0, 0.1) is 0 Å². The lowest BCUT2D eigenvalue weighted by atomic mass is 10.1. The van der Waals surface area contributed by atoms with Gasteiger partial charge in [0.15, 0.2) is 0 Å². The molecule has 0 N–H and O–H groups in total. The van der Waals surface area contributed by atoms with E-state index in [0.29, 0.717) is 17.1 Å². The lowest BCUT2D eigenvalue weighted by molar-refractivity contribution is 0.265. The van der Waals surface area contributed by atoms with Gasteiger partial charge in [0.25, 0.3) is 0 Å². The summed E-state index contributed by atoms with van der Waals surface area (Å²) < 4.78 is 17.6. The maximum atomic E-state index is 7.61. The van der Waals surface area contributed by atoms with E-state index < -0.39 is 6.40 Å². The van der Waals surface area contributed by atoms with Crippen LogP contribution in [0.2, 0.25) is 0 Å². The van der Waals surface area contributed by atoms with Crippen LogP contribution in [-0.2, 0) is 9.47 Å². The van der Waals surface area contributed by atoms with E-state index in [1.807, 2.05) is 0 Å². The van der Waals surface area contributed by atoms with E-state index in [1.165, 1.54) is 0 Å². The van der Waals surface area contributed by atoms with Crippen LogP contribution >= 0.6 is 0 Å². The fourth-order valence-corrected chi connectivity index (χ4v) is 0.866. The van der Waals surface area contributed by atoms with Crippen molar-refractivity contribution >= 4 is 0 Å². The summed E-state index contributed by atoms with van der Waals surface area (Å²) in [5.74, 6) is 1.25. The number of hydrogen-bond donors (Lipinski definition) is 0. The van der Waals surface area contributed by atoms with Crippen molar-refractivity contribution in [1.29, 1.82) is 0 Å². The summed E-state index contributed by atoms with van der Waals surface area (Å²) in [5, 5.41) is 0. The van der Waals surface area contributed by atoms with Crippen molar-refractivity contribution in [3.05, 3.63) is 35.8 Å². The molecule has 0 bridgehead atoms. The largest absolute Gasteiger partial charge is 0.501 e. The lowest BCUT2D eigenvalue weighted by Crippen LogP contribution is -1.97. The molecular weight excluding hydrogens is 140 g/mol. The van der Waals surface area contributed by atoms with Crippen LogP contribution in [-0.4, -0.2) is 14.2 Å². The topological polar surface area (TPSA) is 18.5 Å². The predicted octanol–water partition coefficient (Wildman–Crippen LogP) is 2.01. The van der Waals surface area contributed by atoms with Gasteiger partial charge in [0, 0.05) is 13.8 Å². The van der Waals surface area contributed by atoms with Crippen LogP contribution in [0.4, 0.5) is 0 Å². The Morgan fingerprint density at radius 1 is 1.45 bits per heavy atom. The average Bonchev–Trinajstić information content (AvgIpc) is 2.09. The number of methoxy groups -OCH3 is 2. The van der Waals surface area contributed by atoms with Gasteiger partial charge >= 0.3 is 0 Å². The van der Waals surface area contributed by atoms with Gasteiger partial charge in [0.2, 0.25) is 0 Å². The Morgan fingerprint density at radius 3 is 2.73 bits per heavy atom. The summed E-state index contributed by atoms with van der Waals surface area (Å²) in [7, 11) is 3.12. The highest BCUT2D eigenvalue weighted by atomic mass is 16.5. The maximum absolute atomic E-state index is 7.61. The molecule has 0 aromatic carbocycles. The van der Waals surface area contributed by atoms with Crippen LogP contribution < -0.4 is 0 Å². The van der Waals surface area contributed by atoms with E-state index in [1.54, 1.807) is 26.4 Å². The first-order valence-electron chi connectivity index (χ1n) is 3.89. The fraction of sp³-hybridized carbons (Fsp3) is 0.333. The highest BCUT2D eigenvalue weighted by Gasteiger charge is 2.07. The molecule has 0 amide bonds. The van der Waals surface area contributed by atoms with Crippen LogP contribution in [0.3, 0.4) is 0 Å². The van der Waals surface area contributed by atoms with Crippen LogP contribution in [0.15, 0.2) is 35.8 Å². The second-order valence-corrected chi connectivity index (χ2v) is 2.22. The third-order valence-corrected chi connectivity index (χ3v) is 1.41. The quantitative estimate of drug-likeness (QED) is 0.604. The summed E-state index contributed by atoms with van der Waals surface area (Å²) >= 11 is 0. The first-order valence-corrected chi connectivity index (χ1v) is 3.31. The minimum Gasteiger partial charge on any atom is -0.501 e. The molecule has 0 saturated heterocycles. The van der Waals surface area contributed by atoms with Gasteiger partial charge in [-0.3, -0.25) is 0 Å². The lowest BCUT2D eigenvalue weighted by Gasteiger charge is -2.13. The molecule has 11 heavy (non-hydrogen) atoms. The zero-order valence-electron chi connectivity index (χ0n) is 7.76. The molecule has 1 rings (SSSR count). The van der Waals surface area contributed by atoms with Gasteiger partial charge in [-0.15, -0.1) is 0 Å². The second-order valence-electron chi connectivity index (χ2n) is 2.22. The summed E-state index contributed by atoms with van der Waals surface area (Å²) in [4.78, 5) is 0. The molecule has 60 valence electrons. The van der Waals surface area contributed by atoms with E-state index in [0.717, 1.165) is 0 Å². The maximum Gasteiger partial charge on any atom is 0.122 e. The third kappa shape index (κ3) is 1.87. The zero-order valence-corrected chi connectivity index (χ0v) is 6.76. The summed E-state index contributed by atoms with van der Waals surface area (Å²) in [6.45, 7) is 3.73. The molecule has 2 heteroatoms. The van der Waals surface area contributed by atoms with E-state index in [2.05, 4.69) is 6.58 Å². The Labute approximate surface area is 68.2 Å². The minimum absolute atomic E-state index is 0.492. The molecule has 0 aromatic heterocycles. The van der Waals surface area contributed by atoms with Crippen molar-refractivity contribution in [1.82, 2.24) is 0 Å². The molecule has 1 aliphatic carbocycles. The van der Waals surface area contributed by atoms with Gasteiger partial charge in [-0.05, 0) is 11.6 Å². The Hall–Kier alpha value is -1.18. The number of rotatable bonds is 2. The summed E-state index contributed by atoms with van der Waals surface area (Å²) in [5.41, 5.74) is 0.686. The van der Waals surface area contributed by atoms with Gasteiger partial charge in [0.1, 0.15) is 11.5 Å². The normalized spacial score (nSPS) is 25.1. The van der Waals surface area contributed by atoms with Gasteiger partial charge < -0.3 is 9.47 Å². The number of allylic oxidation sites excluding steroid dienone is 3. The standard InChI is InChI=1S/C9H12O2/c1-7-4-8(10-2)6-9(5-7)11-3/h4,6H,1,5H2,2-3H3/i5D. The minimum atomic E-state index is -0.492. The van der Waals surface area contributed by atoms with Crippen LogP contribution in [0.1, 0.15) is 7.77 Å². The Balaban J connectivity index is 2.92. The smallest absolute Gasteiger partial charge is 0.122 e. The van der Waals surface area contributed by atoms with E-state index in [9.17, 15) is 0 Å². The molecule has 1 unspecified atom stereocenters. The highest BCUT2D eigenvalue weighted by molar-refractivity contribution is 5.34. The molecule has 0 fully saturated rings. The Kier molecular flexibility index (Phi) is 1.95. The first-order chi connectivity index (χ1) is 5.69. The molecule has 0 aromatic rings. The molecular formula is C9H12O2. The summed E-state index contributed by atoms with van der Waals surface area (Å²) in [6, 6.07) is 0. The third-order valence-electron chi connectivity index (χ3n) is 1.41. The van der Waals surface area contributed by atoms with Crippen LogP contribution in [0.25, 0.3) is 0 Å². The molecule has 0 spiro atoms. The van der Waals surface area contributed by atoms with Crippen molar-refractivity contribution in [2.24, 2.45) is 0 Å². The molecule has 0 aliphatic heterocycles. The van der Waals surface area contributed by atoms with Gasteiger partial charge in [-0.1, -0.05) is 6.58 Å². The van der Waals surface area contributed by atoms with Crippen molar-refractivity contribution < 1.29 is 10.8 Å². The Morgan fingerprint density at radius 2 is 2.18 bits per heavy atom. The van der Waals surface area contributed by atoms with E-state index in [-0.39, 0.29) is 0 Å². The van der Waals surface area contributed by atoms with Crippen molar-refractivity contribution in [2.75, 3.05) is 14.2 Å². The fourth-order valence-electron chi connectivity index (χ4n) is 0.866. The van der Waals surface area contributed by atoms with Gasteiger partial charge in [-0.2, -0.15) is 0 Å². The zero-order chi connectivity index (χ0) is 9.14. The number of ether oxygens (including phenoxy) is 2. The molecule has 1 aliphatic rings. The molecule has 1 atom stereocenters.